The average molecular weight is 601 g/mol. The van der Waals surface area contributed by atoms with Gasteiger partial charge in [-0.2, -0.15) is 0 Å². The number of carbonyl (C=O) groups excluding carboxylic acids is 1. The molecule has 0 unspecified atom stereocenters. The van der Waals surface area contributed by atoms with E-state index in [0.717, 1.165) is 28.0 Å². The molecule has 4 nitrogen and oxygen atoms in total. The molecule has 1 radical (unpaired) electrons. The molecule has 0 fully saturated rings. The second kappa shape index (κ2) is 9.90. The molecule has 0 amide bonds. The van der Waals surface area contributed by atoms with Crippen molar-refractivity contribution in [2.75, 3.05) is 0 Å². The van der Waals surface area contributed by atoms with Crippen molar-refractivity contribution in [2.45, 2.75) is 20.8 Å². The van der Waals surface area contributed by atoms with Gasteiger partial charge in [0.05, 0.1) is 5.76 Å². The van der Waals surface area contributed by atoms with Crippen LogP contribution in [0.3, 0.4) is 0 Å². The predicted octanol–water partition coefficient (Wildman–Crippen LogP) is 6.94. The Kier molecular flexibility index (Phi) is 7.24. The summed E-state index contributed by atoms with van der Waals surface area (Å²) in [5.41, 5.74) is 2.77. The van der Waals surface area contributed by atoms with Crippen molar-refractivity contribution in [1.82, 2.24) is 4.98 Å². The van der Waals surface area contributed by atoms with Gasteiger partial charge in [-0.1, -0.05) is 47.2 Å². The Morgan fingerprint density at radius 1 is 1.00 bits per heavy atom. The Morgan fingerprint density at radius 3 is 2.47 bits per heavy atom. The van der Waals surface area contributed by atoms with Gasteiger partial charge in [-0.25, -0.2) is 0 Å². The van der Waals surface area contributed by atoms with Crippen LogP contribution in [-0.4, -0.2) is 15.9 Å². The molecule has 32 heavy (non-hydrogen) atoms. The fourth-order valence-corrected chi connectivity index (χ4v) is 3.68. The minimum absolute atomic E-state index is 0. The third kappa shape index (κ3) is 4.96. The fraction of sp³-hybridized carbons (Fsp3) is 0.111. The Balaban J connectivity index is 0.000000318. The van der Waals surface area contributed by atoms with Gasteiger partial charge in [-0.15, -0.1) is 29.1 Å². The van der Waals surface area contributed by atoms with E-state index in [1.54, 1.807) is 6.20 Å². The fourth-order valence-electron chi connectivity index (χ4n) is 3.68. The number of hydrogen-bond acceptors (Lipinski definition) is 4. The molecule has 1 N–H and O–H groups in total. The second-order valence-corrected chi connectivity index (χ2v) is 7.46. The maximum atomic E-state index is 10.0. The SMILES string of the molecule is CC(=O)/C=C(/C)O.Cc1cc2c(-c3[c-]cc4c(ccc5ccccc54)c3)nccc2o1.[Ir]. The first-order valence-electron chi connectivity index (χ1n) is 9.99. The number of benzene rings is 3. The summed E-state index contributed by atoms with van der Waals surface area (Å²) in [6.45, 7) is 4.81. The van der Waals surface area contributed by atoms with Gasteiger partial charge in [0.25, 0.3) is 0 Å². The zero-order valence-corrected chi connectivity index (χ0v) is 20.4. The zero-order valence-electron chi connectivity index (χ0n) is 18.0. The molecule has 5 rings (SSSR count). The van der Waals surface area contributed by atoms with Crippen molar-refractivity contribution >= 4 is 38.3 Å². The first kappa shape index (κ1) is 23.4. The van der Waals surface area contributed by atoms with Gasteiger partial charge in [0.1, 0.15) is 11.3 Å². The monoisotopic (exact) mass is 601 g/mol. The summed E-state index contributed by atoms with van der Waals surface area (Å²) < 4.78 is 5.72. The molecule has 163 valence electrons. The van der Waals surface area contributed by atoms with E-state index in [2.05, 4.69) is 59.6 Å². The van der Waals surface area contributed by atoms with Crippen LogP contribution >= 0.6 is 0 Å². The number of ketones is 1. The number of hydrogen-bond donors (Lipinski definition) is 1. The number of carbonyl (C=O) groups is 1. The molecule has 2 aromatic heterocycles. The predicted molar refractivity (Wildman–Crippen MR) is 125 cm³/mol. The van der Waals surface area contributed by atoms with Crippen LogP contribution in [0.15, 0.2) is 83.1 Å². The van der Waals surface area contributed by atoms with Crippen LogP contribution in [0.1, 0.15) is 19.6 Å². The second-order valence-electron chi connectivity index (χ2n) is 7.46. The van der Waals surface area contributed by atoms with Crippen molar-refractivity contribution in [1.29, 1.82) is 0 Å². The minimum atomic E-state index is -0.125. The van der Waals surface area contributed by atoms with Gasteiger partial charge < -0.3 is 14.5 Å². The van der Waals surface area contributed by atoms with E-state index >= 15 is 0 Å². The summed E-state index contributed by atoms with van der Waals surface area (Å²) in [7, 11) is 0. The van der Waals surface area contributed by atoms with Gasteiger partial charge in [0, 0.05) is 37.8 Å². The van der Waals surface area contributed by atoms with Crippen molar-refractivity contribution in [3.63, 3.8) is 0 Å². The van der Waals surface area contributed by atoms with Crippen LogP contribution in [0.5, 0.6) is 0 Å². The summed E-state index contributed by atoms with van der Waals surface area (Å²) in [6, 6.07) is 24.4. The number of fused-ring (bicyclic) bond motifs is 4. The van der Waals surface area contributed by atoms with Crippen LogP contribution in [0.2, 0.25) is 0 Å². The molecule has 0 bridgehead atoms. The first-order valence-corrected chi connectivity index (χ1v) is 9.99. The van der Waals surface area contributed by atoms with Crippen molar-refractivity contribution in [2.24, 2.45) is 0 Å². The number of allylic oxidation sites excluding steroid dienone is 2. The molecular weight excluding hydrogens is 579 g/mol. The topological polar surface area (TPSA) is 63.3 Å². The average Bonchev–Trinajstić information content (AvgIpc) is 3.13. The third-order valence-electron chi connectivity index (χ3n) is 4.91. The largest absolute Gasteiger partial charge is 0.512 e. The van der Waals surface area contributed by atoms with E-state index in [9.17, 15) is 4.79 Å². The van der Waals surface area contributed by atoms with Crippen LogP contribution in [0.4, 0.5) is 0 Å². The number of aryl methyl sites for hydroxylation is 1. The molecule has 0 aliphatic carbocycles. The van der Waals surface area contributed by atoms with E-state index in [1.165, 1.54) is 41.5 Å². The number of nitrogens with zero attached hydrogens (tertiary/aromatic N) is 1. The quantitative estimate of drug-likeness (QED) is 0.103. The van der Waals surface area contributed by atoms with Crippen LogP contribution in [0, 0.1) is 13.0 Å². The molecule has 5 aromatic rings. The minimum Gasteiger partial charge on any atom is -0.512 e. The van der Waals surface area contributed by atoms with Gasteiger partial charge >= 0.3 is 0 Å². The van der Waals surface area contributed by atoms with Crippen molar-refractivity contribution in [3.8, 4) is 11.3 Å². The number of aliphatic hydroxyl groups is 1. The van der Waals surface area contributed by atoms with Gasteiger partial charge in [-0.05, 0) is 44.0 Å². The Labute approximate surface area is 199 Å². The Hall–Kier alpha value is -3.27. The molecule has 3 aromatic carbocycles. The van der Waals surface area contributed by atoms with Crippen molar-refractivity contribution < 1.29 is 34.4 Å². The Bertz CT molecular complexity index is 1450. The van der Waals surface area contributed by atoms with Crippen molar-refractivity contribution in [3.05, 3.63) is 90.5 Å². The molecule has 0 aliphatic heterocycles. The number of furan rings is 1. The summed E-state index contributed by atoms with van der Waals surface area (Å²) in [4.78, 5) is 14.6. The van der Waals surface area contributed by atoms with E-state index in [1.807, 2.05) is 19.1 Å². The summed E-state index contributed by atoms with van der Waals surface area (Å²) in [5.74, 6) is 0.832. The van der Waals surface area contributed by atoms with Crippen LogP contribution in [-0.2, 0) is 24.9 Å². The number of aliphatic hydroxyl groups excluding tert-OH is 1. The number of aromatic nitrogens is 1. The molecule has 0 aliphatic rings. The van der Waals surface area contributed by atoms with Crippen LogP contribution in [0.25, 0.3) is 43.8 Å². The first-order chi connectivity index (χ1) is 14.9. The molecular formula is C27H22IrNO3-. The third-order valence-corrected chi connectivity index (χ3v) is 4.91. The maximum Gasteiger partial charge on any atom is 0.155 e. The maximum absolute atomic E-state index is 10.0. The summed E-state index contributed by atoms with van der Waals surface area (Å²) in [6.07, 6.45) is 2.96. The molecule has 0 saturated carbocycles. The van der Waals surface area contributed by atoms with Gasteiger partial charge in [0.15, 0.2) is 5.78 Å². The van der Waals surface area contributed by atoms with E-state index in [0.29, 0.717) is 0 Å². The zero-order chi connectivity index (χ0) is 22.0. The molecule has 0 saturated heterocycles. The van der Waals surface area contributed by atoms with E-state index < -0.39 is 0 Å². The normalized spacial score (nSPS) is 11.2. The standard InChI is InChI=1S/C22H14NO.C5H8O2.Ir/c1-14-12-20-21(24-14)10-11-23-22(20)17-8-9-19-16(13-17)7-6-15-4-2-3-5-18(15)19;1-4(6)3-5(2)7;/h2-7,9-13H,1H3;3,6H,1-2H3;/q-1;;/b;4-3-;. The molecule has 2 heterocycles. The number of rotatable bonds is 2. The van der Waals surface area contributed by atoms with E-state index in [-0.39, 0.29) is 31.6 Å². The number of pyridine rings is 1. The smallest absolute Gasteiger partial charge is 0.155 e. The molecule has 5 heteroatoms. The van der Waals surface area contributed by atoms with Crippen LogP contribution < -0.4 is 0 Å². The summed E-state index contributed by atoms with van der Waals surface area (Å²) in [5, 5.41) is 14.3. The summed E-state index contributed by atoms with van der Waals surface area (Å²) >= 11 is 0. The van der Waals surface area contributed by atoms with Gasteiger partial charge in [0.2, 0.25) is 0 Å². The van der Waals surface area contributed by atoms with Gasteiger partial charge in [-0.3, -0.25) is 4.79 Å². The van der Waals surface area contributed by atoms with E-state index in [4.69, 9.17) is 9.52 Å². The molecule has 0 spiro atoms. The Morgan fingerprint density at radius 2 is 1.75 bits per heavy atom. The molecule has 0 atom stereocenters.